The molecule has 1 N–H and O–H groups in total. The van der Waals surface area contributed by atoms with Crippen molar-refractivity contribution >= 4 is 58.4 Å². The fraction of sp³-hybridized carbons (Fsp3) is 0.525. The van der Waals surface area contributed by atoms with E-state index in [2.05, 4.69) is 11.9 Å². The number of carbonyl (C=O) groups excluding carboxylic acids is 5. The smallest absolute Gasteiger partial charge is 0.410 e. The van der Waals surface area contributed by atoms with E-state index in [0.717, 1.165) is 17.3 Å². The molecule has 54 heavy (non-hydrogen) atoms. The molecular weight excluding hydrogens is 731 g/mol. The van der Waals surface area contributed by atoms with E-state index in [4.69, 9.17) is 18.9 Å². The van der Waals surface area contributed by atoms with Crippen molar-refractivity contribution < 1.29 is 42.9 Å². The van der Waals surface area contributed by atoms with Crippen LogP contribution < -0.4 is 10.2 Å². The van der Waals surface area contributed by atoms with Crippen LogP contribution in [-0.2, 0) is 35.0 Å². The first kappa shape index (κ1) is 44.4. The number of nitrogens with one attached hydrogen (secondary N) is 1. The van der Waals surface area contributed by atoms with Crippen molar-refractivity contribution in [2.24, 2.45) is 0 Å². The highest BCUT2D eigenvalue weighted by atomic mass is 32.2. The van der Waals surface area contributed by atoms with Crippen LogP contribution in [0.3, 0.4) is 0 Å². The van der Waals surface area contributed by atoms with E-state index < -0.39 is 41.0 Å². The van der Waals surface area contributed by atoms with Crippen molar-refractivity contribution in [3.8, 4) is 0 Å². The quantitative estimate of drug-likeness (QED) is 0.0961. The molecule has 2 aromatic carbocycles. The molecular formula is C40H55N3O9S2. The maximum absolute atomic E-state index is 14.2. The van der Waals surface area contributed by atoms with Gasteiger partial charge in [-0.15, -0.1) is 0 Å². The number of amides is 3. The average molecular weight is 786 g/mol. The van der Waals surface area contributed by atoms with E-state index in [9.17, 15) is 24.0 Å². The van der Waals surface area contributed by atoms with Gasteiger partial charge < -0.3 is 34.1 Å². The highest BCUT2D eigenvalue weighted by Gasteiger charge is 2.40. The SMILES string of the molecule is C=CCOC(=O)N1C[C@@H](SC(=O)OC(C)(C)C)C[C@H]1CN(C(=O)CCOC)c1ccc(Cc2ccccc2)c(C(=O)N[C@@H](CCSC)C(=O)OC(C)C)c1. The fourth-order valence-corrected chi connectivity index (χ4v) is 7.41. The third kappa shape index (κ3) is 14.3. The molecule has 12 nitrogen and oxygen atoms in total. The van der Waals surface area contributed by atoms with E-state index in [1.807, 2.05) is 42.7 Å². The van der Waals surface area contributed by atoms with Crippen molar-refractivity contribution in [2.45, 2.75) is 89.3 Å². The Morgan fingerprint density at radius 2 is 1.81 bits per heavy atom. The van der Waals surface area contributed by atoms with E-state index in [-0.39, 0.29) is 50.0 Å². The molecule has 1 aliphatic heterocycles. The standard InChI is InChI=1S/C40H55N3O9S2/c1-9-19-50-38(47)43-26-32(54-39(48)52-40(4,5)6)23-31(43)25-42(35(44)17-20-49-7)30-16-15-29(22-28-13-11-10-12-14-28)33(24-30)36(45)41-34(18-21-53-8)37(46)51-27(2)3/h9-16,24,27,31-32,34H,1,17-23,25-26H2,2-8H3,(H,41,45)/t31-,32-,34-/m0/s1. The lowest BCUT2D eigenvalue weighted by molar-refractivity contribution is -0.149. The second-order valence-corrected chi connectivity index (χ2v) is 16.4. The Morgan fingerprint density at radius 1 is 1.09 bits per heavy atom. The van der Waals surface area contributed by atoms with Crippen LogP contribution in [-0.4, -0.2) is 109 Å². The number of esters is 1. The first-order valence-electron chi connectivity index (χ1n) is 18.1. The number of carbonyl (C=O) groups is 5. The van der Waals surface area contributed by atoms with Crippen LogP contribution in [0.5, 0.6) is 0 Å². The predicted molar refractivity (Wildman–Crippen MR) is 214 cm³/mol. The fourth-order valence-electron chi connectivity index (χ4n) is 5.81. The Hall–Kier alpha value is -4.01. The van der Waals surface area contributed by atoms with Gasteiger partial charge in [-0.05, 0) is 101 Å². The van der Waals surface area contributed by atoms with Crippen LogP contribution >= 0.6 is 23.5 Å². The molecule has 14 heteroatoms. The average Bonchev–Trinajstić information content (AvgIpc) is 3.51. The number of rotatable bonds is 18. The summed E-state index contributed by atoms with van der Waals surface area (Å²) >= 11 is 2.56. The summed E-state index contributed by atoms with van der Waals surface area (Å²) in [4.78, 5) is 70.4. The molecule has 0 radical (unpaired) electrons. The molecule has 0 saturated carbocycles. The first-order chi connectivity index (χ1) is 25.6. The lowest BCUT2D eigenvalue weighted by Crippen LogP contribution is -2.46. The molecule has 0 aromatic heterocycles. The van der Waals surface area contributed by atoms with Crippen LogP contribution in [0.15, 0.2) is 61.2 Å². The number of nitrogens with zero attached hydrogens (tertiary/aromatic N) is 2. The molecule has 1 fully saturated rings. The highest BCUT2D eigenvalue weighted by molar-refractivity contribution is 8.13. The third-order valence-electron chi connectivity index (χ3n) is 8.24. The van der Waals surface area contributed by atoms with Gasteiger partial charge in [0.15, 0.2) is 0 Å². The van der Waals surface area contributed by atoms with Crippen LogP contribution in [0.4, 0.5) is 15.3 Å². The van der Waals surface area contributed by atoms with Crippen LogP contribution in [0, 0.1) is 0 Å². The highest BCUT2D eigenvalue weighted by Crippen LogP contribution is 2.33. The largest absolute Gasteiger partial charge is 0.461 e. The second kappa shape index (κ2) is 21.8. The number of hydrogen-bond donors (Lipinski definition) is 1. The first-order valence-corrected chi connectivity index (χ1v) is 20.3. The molecule has 2 aromatic rings. The van der Waals surface area contributed by atoms with E-state index >= 15 is 0 Å². The number of likely N-dealkylation sites (tertiary alicyclic amines) is 1. The van der Waals surface area contributed by atoms with Gasteiger partial charge >= 0.3 is 17.4 Å². The minimum atomic E-state index is -0.881. The van der Waals surface area contributed by atoms with Gasteiger partial charge in [0, 0.05) is 36.7 Å². The normalized spacial score (nSPS) is 16.0. The topological polar surface area (TPSA) is 141 Å². The Bertz CT molecular complexity index is 1580. The number of ether oxygens (including phenoxy) is 4. The Morgan fingerprint density at radius 3 is 2.44 bits per heavy atom. The Labute approximate surface area is 328 Å². The maximum Gasteiger partial charge on any atom is 0.410 e. The molecule has 1 saturated heterocycles. The zero-order valence-corrected chi connectivity index (χ0v) is 34.1. The lowest BCUT2D eigenvalue weighted by atomic mass is 9.97. The van der Waals surface area contributed by atoms with E-state index in [0.29, 0.717) is 41.8 Å². The van der Waals surface area contributed by atoms with Crippen molar-refractivity contribution in [1.29, 1.82) is 0 Å². The maximum atomic E-state index is 14.2. The van der Waals surface area contributed by atoms with Gasteiger partial charge in [0.25, 0.3) is 5.91 Å². The van der Waals surface area contributed by atoms with Gasteiger partial charge in [-0.25, -0.2) is 14.4 Å². The number of benzene rings is 2. The van der Waals surface area contributed by atoms with Gasteiger partial charge in [0.2, 0.25) is 5.91 Å². The summed E-state index contributed by atoms with van der Waals surface area (Å²) in [6.07, 6.45) is 3.63. The van der Waals surface area contributed by atoms with E-state index in [1.54, 1.807) is 63.4 Å². The molecule has 1 aliphatic rings. The number of anilines is 1. The third-order valence-corrected chi connectivity index (χ3v) is 9.84. The van der Waals surface area contributed by atoms with Crippen LogP contribution in [0.25, 0.3) is 0 Å². The predicted octanol–water partition coefficient (Wildman–Crippen LogP) is 6.88. The molecule has 0 spiro atoms. The minimum Gasteiger partial charge on any atom is -0.461 e. The van der Waals surface area contributed by atoms with Crippen molar-refractivity contribution in [3.05, 3.63) is 77.9 Å². The number of thioether (sulfide) groups is 2. The summed E-state index contributed by atoms with van der Waals surface area (Å²) in [5.74, 6) is -0.673. The molecule has 0 aliphatic carbocycles. The minimum absolute atomic E-state index is 0.00753. The molecule has 0 bridgehead atoms. The molecule has 0 unspecified atom stereocenters. The second-order valence-electron chi connectivity index (χ2n) is 14.2. The van der Waals surface area contributed by atoms with Crippen molar-refractivity contribution in [1.82, 2.24) is 10.2 Å². The van der Waals surface area contributed by atoms with Crippen molar-refractivity contribution in [3.63, 3.8) is 0 Å². The zero-order valence-electron chi connectivity index (χ0n) is 32.5. The lowest BCUT2D eigenvalue weighted by Gasteiger charge is -2.31. The summed E-state index contributed by atoms with van der Waals surface area (Å²) in [6.45, 7) is 12.9. The zero-order chi connectivity index (χ0) is 39.8. The molecule has 3 atom stereocenters. The van der Waals surface area contributed by atoms with Crippen LogP contribution in [0.2, 0.25) is 0 Å². The molecule has 3 rings (SSSR count). The number of methoxy groups -OCH3 is 1. The van der Waals surface area contributed by atoms with Crippen LogP contribution in [0.1, 0.15) is 75.4 Å². The van der Waals surface area contributed by atoms with Gasteiger partial charge in [0.05, 0.1) is 25.2 Å². The summed E-state index contributed by atoms with van der Waals surface area (Å²) in [7, 11) is 1.50. The summed E-state index contributed by atoms with van der Waals surface area (Å²) in [5, 5.41) is 2.13. The van der Waals surface area contributed by atoms with Gasteiger partial charge in [-0.1, -0.05) is 49.1 Å². The number of hydrogen-bond acceptors (Lipinski definition) is 11. The van der Waals surface area contributed by atoms with Gasteiger partial charge in [-0.2, -0.15) is 11.8 Å². The molecule has 3 amide bonds. The summed E-state index contributed by atoms with van der Waals surface area (Å²) in [5.41, 5.74) is 1.69. The summed E-state index contributed by atoms with van der Waals surface area (Å²) in [6, 6.07) is 13.5. The van der Waals surface area contributed by atoms with Crippen molar-refractivity contribution in [2.75, 3.05) is 50.3 Å². The van der Waals surface area contributed by atoms with Gasteiger partial charge in [-0.3, -0.25) is 9.59 Å². The molecule has 296 valence electrons. The van der Waals surface area contributed by atoms with Gasteiger partial charge in [0.1, 0.15) is 18.2 Å². The monoisotopic (exact) mass is 785 g/mol. The summed E-state index contributed by atoms with van der Waals surface area (Å²) < 4.78 is 21.7. The Kier molecular flexibility index (Phi) is 17.9. The molecule has 1 heterocycles. The Balaban J connectivity index is 2.06. The van der Waals surface area contributed by atoms with E-state index in [1.165, 1.54) is 18.1 Å².